The van der Waals surface area contributed by atoms with Crippen LogP contribution < -0.4 is 0 Å². The van der Waals surface area contributed by atoms with Crippen molar-refractivity contribution in [2.45, 2.75) is 0 Å². The van der Waals surface area contributed by atoms with Gasteiger partial charge in [-0.3, -0.25) is 4.79 Å². The monoisotopic (exact) mass is 178 g/mol. The van der Waals surface area contributed by atoms with E-state index in [0.717, 1.165) is 6.29 Å². The van der Waals surface area contributed by atoms with Crippen LogP contribution in [-0.2, 0) is 4.79 Å². The Morgan fingerprint density at radius 2 is 1.58 bits per heavy atom. The molecule has 63 valence electrons. The Morgan fingerprint density at radius 3 is 2.08 bits per heavy atom. The summed E-state index contributed by atoms with van der Waals surface area (Å²) in [5.41, 5.74) is -1.22. The highest BCUT2D eigenvalue weighted by atomic mass is 19.2. The zero-order valence-corrected chi connectivity index (χ0v) is 5.37. The summed E-state index contributed by atoms with van der Waals surface area (Å²) in [5.74, 6) is -7.83. The quantitative estimate of drug-likeness (QED) is 0.476. The van der Waals surface area contributed by atoms with E-state index in [1.54, 1.807) is 0 Å². The first-order chi connectivity index (χ1) is 5.57. The number of hydrogen-bond acceptors (Lipinski definition) is 2. The van der Waals surface area contributed by atoms with E-state index in [1.807, 2.05) is 0 Å². The fourth-order valence-electron chi connectivity index (χ4n) is 0.555. The van der Waals surface area contributed by atoms with Crippen molar-refractivity contribution in [2.24, 2.45) is 0 Å². The highest BCUT2D eigenvalue weighted by Gasteiger charge is 2.20. The van der Waals surface area contributed by atoms with E-state index in [1.165, 1.54) is 0 Å². The lowest BCUT2D eigenvalue weighted by atomic mass is 10.3. The van der Waals surface area contributed by atoms with E-state index >= 15 is 0 Å². The molecule has 0 N–H and O–H groups in total. The van der Waals surface area contributed by atoms with Gasteiger partial charge in [-0.25, -0.2) is 13.8 Å². The Labute approximate surface area is 63.8 Å². The summed E-state index contributed by atoms with van der Waals surface area (Å²) in [7, 11) is 0. The van der Waals surface area contributed by atoms with E-state index in [2.05, 4.69) is 4.98 Å². The average Bonchev–Trinajstić information content (AvgIpc) is 2.08. The van der Waals surface area contributed by atoms with Crippen molar-refractivity contribution >= 4 is 6.29 Å². The first kappa shape index (κ1) is 8.63. The summed E-state index contributed by atoms with van der Waals surface area (Å²) >= 11 is 0. The molecule has 0 unspecified atom stereocenters. The zero-order chi connectivity index (χ0) is 9.30. The number of rotatable bonds is 1. The molecule has 0 aromatic carbocycles. The van der Waals surface area contributed by atoms with E-state index in [0.29, 0.717) is 0 Å². The highest BCUT2D eigenvalue weighted by Crippen LogP contribution is 2.13. The molecular formula is C6F4NO. The van der Waals surface area contributed by atoms with Gasteiger partial charge in [0.25, 0.3) is 12.2 Å². The summed E-state index contributed by atoms with van der Waals surface area (Å²) in [6.45, 7) is 0. The minimum Gasteiger partial charge on any atom is -0.283 e. The molecule has 0 saturated carbocycles. The molecule has 0 amide bonds. The molecular weight excluding hydrogens is 178 g/mol. The topological polar surface area (TPSA) is 30.0 Å². The van der Waals surface area contributed by atoms with Crippen LogP contribution in [0.2, 0.25) is 0 Å². The smallest absolute Gasteiger partial charge is 0.256 e. The third-order valence-corrected chi connectivity index (χ3v) is 1.08. The van der Waals surface area contributed by atoms with Crippen molar-refractivity contribution in [3.05, 3.63) is 29.1 Å². The number of nitrogens with zero attached hydrogens (tertiary/aromatic N) is 1. The predicted molar refractivity (Wildman–Crippen MR) is 28.9 cm³/mol. The van der Waals surface area contributed by atoms with Crippen LogP contribution in [0.1, 0.15) is 5.69 Å². The molecule has 2 nitrogen and oxygen atoms in total. The lowest BCUT2D eigenvalue weighted by Crippen LogP contribution is -2.05. The average molecular weight is 178 g/mol. The van der Waals surface area contributed by atoms with E-state index in [9.17, 15) is 22.4 Å². The molecule has 1 aromatic heterocycles. The second kappa shape index (κ2) is 2.88. The SMILES string of the molecule is O=[C]c1nc(F)c(F)c(F)c1F. The van der Waals surface area contributed by atoms with Crippen molar-refractivity contribution in [3.63, 3.8) is 0 Å². The second-order valence-electron chi connectivity index (χ2n) is 1.80. The molecule has 1 aromatic rings. The van der Waals surface area contributed by atoms with E-state index in [-0.39, 0.29) is 0 Å². The molecule has 0 saturated heterocycles. The second-order valence-corrected chi connectivity index (χ2v) is 1.80. The number of hydrogen-bond donors (Lipinski definition) is 0. The Morgan fingerprint density at radius 1 is 1.00 bits per heavy atom. The van der Waals surface area contributed by atoms with Crippen LogP contribution >= 0.6 is 0 Å². The standard InChI is InChI=1S/C6F4NO/c7-3-2(1-12)11-6(10)5(9)4(3)8. The molecule has 0 fully saturated rings. The molecule has 0 spiro atoms. The molecule has 0 aliphatic rings. The van der Waals surface area contributed by atoms with E-state index in [4.69, 9.17) is 0 Å². The highest BCUT2D eigenvalue weighted by molar-refractivity contribution is 5.72. The fraction of sp³-hybridized carbons (Fsp3) is 0. The summed E-state index contributed by atoms with van der Waals surface area (Å²) < 4.78 is 48.8. The zero-order valence-electron chi connectivity index (χ0n) is 5.37. The first-order valence-corrected chi connectivity index (χ1v) is 2.66. The van der Waals surface area contributed by atoms with Gasteiger partial charge in [-0.15, -0.1) is 0 Å². The van der Waals surface area contributed by atoms with Gasteiger partial charge in [0.2, 0.25) is 11.6 Å². The van der Waals surface area contributed by atoms with Crippen LogP contribution in [0.15, 0.2) is 0 Å². The number of halogens is 4. The van der Waals surface area contributed by atoms with E-state index < -0.39 is 29.1 Å². The molecule has 12 heavy (non-hydrogen) atoms. The van der Waals surface area contributed by atoms with Crippen molar-refractivity contribution in [2.75, 3.05) is 0 Å². The first-order valence-electron chi connectivity index (χ1n) is 2.66. The fourth-order valence-corrected chi connectivity index (χ4v) is 0.555. The van der Waals surface area contributed by atoms with Gasteiger partial charge in [-0.05, 0) is 0 Å². The normalized spacial score (nSPS) is 10.0. The summed E-state index contributed by atoms with van der Waals surface area (Å²) in [5, 5.41) is 0. The van der Waals surface area contributed by atoms with Gasteiger partial charge in [0.1, 0.15) is 0 Å². The van der Waals surface area contributed by atoms with Crippen LogP contribution in [0, 0.1) is 23.4 Å². The maximum atomic E-state index is 12.3. The van der Waals surface area contributed by atoms with Crippen molar-refractivity contribution in [1.29, 1.82) is 0 Å². The maximum absolute atomic E-state index is 12.3. The summed E-state index contributed by atoms with van der Waals surface area (Å²) in [6.07, 6.45) is 0.821. The van der Waals surface area contributed by atoms with Crippen molar-refractivity contribution < 1.29 is 22.4 Å². The number of pyridine rings is 1. The largest absolute Gasteiger partial charge is 0.283 e. The predicted octanol–water partition coefficient (Wildman–Crippen LogP) is 1.10. The van der Waals surface area contributed by atoms with Gasteiger partial charge in [0.05, 0.1) is 0 Å². The van der Waals surface area contributed by atoms with Crippen LogP contribution in [0.25, 0.3) is 0 Å². The lowest BCUT2D eigenvalue weighted by molar-refractivity contribution is 0.388. The minimum atomic E-state index is -2.07. The Kier molecular flexibility index (Phi) is 2.07. The molecule has 0 aliphatic heterocycles. The third kappa shape index (κ3) is 1.15. The van der Waals surface area contributed by atoms with Gasteiger partial charge in [-0.2, -0.15) is 8.78 Å². The molecule has 0 aliphatic carbocycles. The summed E-state index contributed by atoms with van der Waals surface area (Å²) in [4.78, 5) is 12.2. The third-order valence-electron chi connectivity index (χ3n) is 1.08. The van der Waals surface area contributed by atoms with Gasteiger partial charge in [-0.1, -0.05) is 0 Å². The van der Waals surface area contributed by atoms with Gasteiger partial charge in [0, 0.05) is 0 Å². The Balaban J connectivity index is 3.49. The molecule has 0 bridgehead atoms. The lowest BCUT2D eigenvalue weighted by Gasteiger charge is -1.96. The van der Waals surface area contributed by atoms with Gasteiger partial charge in [0.15, 0.2) is 11.5 Å². The summed E-state index contributed by atoms with van der Waals surface area (Å²) in [6, 6.07) is 0. The van der Waals surface area contributed by atoms with Gasteiger partial charge >= 0.3 is 0 Å². The van der Waals surface area contributed by atoms with Crippen LogP contribution in [0.4, 0.5) is 17.6 Å². The maximum Gasteiger partial charge on any atom is 0.256 e. The molecule has 6 heteroatoms. The molecule has 0 atom stereocenters. The van der Waals surface area contributed by atoms with Crippen LogP contribution in [-0.4, -0.2) is 11.3 Å². The number of carbonyl (C=O) groups excluding carboxylic acids is 1. The molecule has 1 radical (unpaired) electrons. The van der Waals surface area contributed by atoms with Crippen LogP contribution in [0.5, 0.6) is 0 Å². The Hall–Kier alpha value is -1.46. The number of aromatic nitrogens is 1. The van der Waals surface area contributed by atoms with Gasteiger partial charge < -0.3 is 0 Å². The molecule has 1 heterocycles. The van der Waals surface area contributed by atoms with Crippen molar-refractivity contribution in [1.82, 2.24) is 4.98 Å². The van der Waals surface area contributed by atoms with Crippen LogP contribution in [0.3, 0.4) is 0 Å². The van der Waals surface area contributed by atoms with Crippen molar-refractivity contribution in [3.8, 4) is 0 Å². The Bertz CT molecular complexity index is 339. The minimum absolute atomic E-state index is 0.821. The molecule has 1 rings (SSSR count).